The van der Waals surface area contributed by atoms with Crippen LogP contribution in [0.2, 0.25) is 0 Å². The first-order valence-electron chi connectivity index (χ1n) is 5.90. The minimum atomic E-state index is 0.835. The lowest BCUT2D eigenvalue weighted by atomic mass is 10.3. The molecule has 4 heteroatoms. The third kappa shape index (κ3) is 4.53. The number of nitrogens with zero attached hydrogens (tertiary/aromatic N) is 1. The highest BCUT2D eigenvalue weighted by Crippen LogP contribution is 2.22. The lowest BCUT2D eigenvalue weighted by molar-refractivity contribution is 0.336. The van der Waals surface area contributed by atoms with Crippen LogP contribution in [-0.2, 0) is 6.42 Å². The maximum Gasteiger partial charge on any atom is 0.0701 e. The highest BCUT2D eigenvalue weighted by Gasteiger charge is 2.19. The third-order valence-corrected chi connectivity index (χ3v) is 4.56. The number of rotatable bonds is 7. The van der Waals surface area contributed by atoms with Crippen molar-refractivity contribution in [1.29, 1.82) is 0 Å². The van der Waals surface area contributed by atoms with Gasteiger partial charge in [-0.3, -0.25) is 0 Å². The van der Waals surface area contributed by atoms with Crippen molar-refractivity contribution in [2.75, 3.05) is 26.7 Å². The minimum absolute atomic E-state index is 0.835. The molecule has 0 saturated heterocycles. The maximum absolute atomic E-state index is 3.54. The summed E-state index contributed by atoms with van der Waals surface area (Å²) in [5.41, 5.74) is 0. The largest absolute Gasteiger partial charge is 0.313 e. The molecule has 0 bridgehead atoms. The summed E-state index contributed by atoms with van der Waals surface area (Å²) in [7, 11) is 2.21. The molecule has 1 N–H and O–H groups in total. The molecule has 1 aliphatic rings. The molecule has 0 radical (unpaired) electrons. The Morgan fingerprint density at radius 2 is 2.25 bits per heavy atom. The van der Waals surface area contributed by atoms with Crippen molar-refractivity contribution in [3.63, 3.8) is 0 Å². The van der Waals surface area contributed by atoms with Crippen molar-refractivity contribution in [3.8, 4) is 0 Å². The van der Waals surface area contributed by atoms with Gasteiger partial charge in [-0.2, -0.15) is 0 Å². The van der Waals surface area contributed by atoms with E-state index < -0.39 is 0 Å². The van der Waals surface area contributed by atoms with Gasteiger partial charge in [-0.1, -0.05) is 0 Å². The lowest BCUT2D eigenvalue weighted by Gasteiger charge is -2.16. The first-order chi connectivity index (χ1) is 7.74. The summed E-state index contributed by atoms with van der Waals surface area (Å²) in [6.45, 7) is 3.44. The van der Waals surface area contributed by atoms with Gasteiger partial charge >= 0.3 is 0 Å². The van der Waals surface area contributed by atoms with Gasteiger partial charge in [-0.15, -0.1) is 11.3 Å². The van der Waals surface area contributed by atoms with Crippen molar-refractivity contribution in [2.45, 2.75) is 25.3 Å². The number of hydrogen-bond donors (Lipinski definition) is 1. The van der Waals surface area contributed by atoms with E-state index in [2.05, 4.69) is 45.3 Å². The number of likely N-dealkylation sites (N-methyl/N-ethyl adjacent to an activating group) is 1. The van der Waals surface area contributed by atoms with Gasteiger partial charge < -0.3 is 10.2 Å². The topological polar surface area (TPSA) is 15.3 Å². The van der Waals surface area contributed by atoms with Gasteiger partial charge in [0, 0.05) is 30.6 Å². The molecule has 0 amide bonds. The van der Waals surface area contributed by atoms with E-state index in [4.69, 9.17) is 0 Å². The highest BCUT2D eigenvalue weighted by atomic mass is 79.9. The average Bonchev–Trinajstić information content (AvgIpc) is 2.98. The predicted molar refractivity (Wildman–Crippen MR) is 74.2 cm³/mol. The van der Waals surface area contributed by atoms with Crippen molar-refractivity contribution in [2.24, 2.45) is 0 Å². The van der Waals surface area contributed by atoms with Crippen LogP contribution >= 0.6 is 27.3 Å². The monoisotopic (exact) mass is 302 g/mol. The Hall–Kier alpha value is 0.1000. The Morgan fingerprint density at radius 1 is 1.44 bits per heavy atom. The summed E-state index contributed by atoms with van der Waals surface area (Å²) in [5, 5.41) is 3.54. The molecular formula is C12H19BrN2S. The van der Waals surface area contributed by atoms with Crippen LogP contribution in [0.4, 0.5) is 0 Å². The smallest absolute Gasteiger partial charge is 0.0701 e. The summed E-state index contributed by atoms with van der Waals surface area (Å²) < 4.78 is 1.24. The Balaban J connectivity index is 1.57. The van der Waals surface area contributed by atoms with Gasteiger partial charge in [0.05, 0.1) is 3.79 Å². The molecule has 1 fully saturated rings. The number of thiophene rings is 1. The molecule has 2 rings (SSSR count). The number of halogens is 1. The third-order valence-electron chi connectivity index (χ3n) is 2.87. The predicted octanol–water partition coefficient (Wildman–Crippen LogP) is 2.74. The van der Waals surface area contributed by atoms with Crippen molar-refractivity contribution in [3.05, 3.63) is 20.8 Å². The van der Waals surface area contributed by atoms with Crippen LogP contribution < -0.4 is 5.32 Å². The molecule has 0 aromatic carbocycles. The van der Waals surface area contributed by atoms with E-state index in [1.54, 1.807) is 0 Å². The van der Waals surface area contributed by atoms with E-state index in [0.717, 1.165) is 32.1 Å². The second kappa shape index (κ2) is 6.15. The first-order valence-corrected chi connectivity index (χ1v) is 7.51. The van der Waals surface area contributed by atoms with Crippen LogP contribution in [0.15, 0.2) is 15.9 Å². The molecule has 1 saturated carbocycles. The molecule has 1 heterocycles. The quantitative estimate of drug-likeness (QED) is 0.833. The summed E-state index contributed by atoms with van der Waals surface area (Å²) >= 11 is 5.34. The molecular weight excluding hydrogens is 284 g/mol. The Morgan fingerprint density at radius 3 is 2.88 bits per heavy atom. The maximum atomic E-state index is 3.54. The van der Waals surface area contributed by atoms with Crippen molar-refractivity contribution < 1.29 is 0 Å². The second-order valence-electron chi connectivity index (χ2n) is 4.49. The van der Waals surface area contributed by atoms with Crippen LogP contribution in [-0.4, -0.2) is 37.6 Å². The molecule has 0 aliphatic heterocycles. The summed E-state index contributed by atoms with van der Waals surface area (Å²) in [4.78, 5) is 3.87. The molecule has 90 valence electrons. The summed E-state index contributed by atoms with van der Waals surface area (Å²) in [6, 6.07) is 5.18. The van der Waals surface area contributed by atoms with E-state index in [9.17, 15) is 0 Å². The minimum Gasteiger partial charge on any atom is -0.313 e. The standard InChI is InChI=1S/C12H19BrN2S/c1-15(9-7-14-10-2-3-10)8-6-11-4-5-12(13)16-11/h4-5,10,14H,2-3,6-9H2,1H3. The molecule has 16 heavy (non-hydrogen) atoms. The molecule has 1 aromatic rings. The van der Waals surface area contributed by atoms with Crippen LogP contribution in [0.5, 0.6) is 0 Å². The van der Waals surface area contributed by atoms with Crippen LogP contribution in [0, 0.1) is 0 Å². The molecule has 1 aromatic heterocycles. The fourth-order valence-corrected chi connectivity index (χ4v) is 3.12. The number of nitrogens with one attached hydrogen (secondary N) is 1. The fourth-order valence-electron chi connectivity index (χ4n) is 1.65. The van der Waals surface area contributed by atoms with Crippen LogP contribution in [0.25, 0.3) is 0 Å². The molecule has 0 atom stereocenters. The summed E-state index contributed by atoms with van der Waals surface area (Å²) in [5.74, 6) is 0. The van der Waals surface area contributed by atoms with E-state index in [0.29, 0.717) is 0 Å². The Bertz CT molecular complexity index is 323. The van der Waals surface area contributed by atoms with Gasteiger partial charge in [-0.05, 0) is 54.4 Å². The Labute approximate surface area is 110 Å². The normalized spacial score (nSPS) is 15.9. The summed E-state index contributed by atoms with van der Waals surface area (Å²) in [6.07, 6.45) is 3.93. The highest BCUT2D eigenvalue weighted by molar-refractivity contribution is 9.11. The zero-order valence-corrected chi connectivity index (χ0v) is 12.1. The second-order valence-corrected chi connectivity index (χ2v) is 7.04. The lowest BCUT2D eigenvalue weighted by Crippen LogP contribution is -2.31. The zero-order valence-electron chi connectivity index (χ0n) is 9.71. The van der Waals surface area contributed by atoms with Gasteiger partial charge in [-0.25, -0.2) is 0 Å². The SMILES string of the molecule is CN(CCNC1CC1)CCc1ccc(Br)s1. The zero-order chi connectivity index (χ0) is 11.4. The van der Waals surface area contributed by atoms with Crippen LogP contribution in [0.1, 0.15) is 17.7 Å². The van der Waals surface area contributed by atoms with E-state index in [1.807, 2.05) is 11.3 Å². The fraction of sp³-hybridized carbons (Fsp3) is 0.667. The van der Waals surface area contributed by atoms with Crippen LogP contribution in [0.3, 0.4) is 0 Å². The molecule has 0 unspecified atom stereocenters. The molecule has 0 spiro atoms. The van der Waals surface area contributed by atoms with E-state index in [1.165, 1.54) is 21.5 Å². The average molecular weight is 303 g/mol. The van der Waals surface area contributed by atoms with E-state index >= 15 is 0 Å². The first kappa shape index (κ1) is 12.6. The molecule has 1 aliphatic carbocycles. The van der Waals surface area contributed by atoms with E-state index in [-0.39, 0.29) is 0 Å². The van der Waals surface area contributed by atoms with Gasteiger partial charge in [0.25, 0.3) is 0 Å². The van der Waals surface area contributed by atoms with Gasteiger partial charge in [0.2, 0.25) is 0 Å². The molecule has 2 nitrogen and oxygen atoms in total. The number of hydrogen-bond acceptors (Lipinski definition) is 3. The van der Waals surface area contributed by atoms with Gasteiger partial charge in [0.1, 0.15) is 0 Å². The Kier molecular flexibility index (Phi) is 4.82. The van der Waals surface area contributed by atoms with Gasteiger partial charge in [0.15, 0.2) is 0 Å². The van der Waals surface area contributed by atoms with Crippen molar-refractivity contribution >= 4 is 27.3 Å². The van der Waals surface area contributed by atoms with Crippen molar-refractivity contribution in [1.82, 2.24) is 10.2 Å².